The Morgan fingerprint density at radius 3 is 1.72 bits per heavy atom. The summed E-state index contributed by atoms with van der Waals surface area (Å²) in [6.07, 6.45) is -0.150. The van der Waals surface area contributed by atoms with Crippen LogP contribution in [-0.4, -0.2) is 41.2 Å². The van der Waals surface area contributed by atoms with E-state index in [4.69, 9.17) is 8.42 Å². The van der Waals surface area contributed by atoms with Crippen molar-refractivity contribution >= 4 is 28.6 Å². The monoisotopic (exact) mass is 318 g/mol. The Hall–Kier alpha value is 0.0369. The Morgan fingerprint density at radius 2 is 1.39 bits per heavy atom. The van der Waals surface area contributed by atoms with Crippen LogP contribution in [0.25, 0.3) is 0 Å². The number of hydrogen-bond donors (Lipinski definition) is 1. The normalized spacial score (nSPS) is 13.8. The van der Waals surface area contributed by atoms with Crippen LogP contribution in [0.4, 0.5) is 0 Å². The first-order chi connectivity index (χ1) is 8.10. The molecule has 0 spiro atoms. The van der Waals surface area contributed by atoms with Gasteiger partial charge in [0, 0.05) is 0 Å². The molecule has 0 aliphatic carbocycles. The maximum atomic E-state index is 11.7. The Morgan fingerprint density at radius 1 is 0.944 bits per heavy atom. The first-order valence-electron chi connectivity index (χ1n) is 5.98. The third kappa shape index (κ3) is 6.83. The lowest BCUT2D eigenvalue weighted by atomic mass is 10.6. The molecule has 0 radical (unpaired) electrons. The van der Waals surface area contributed by atoms with Crippen LogP contribution in [0.5, 0.6) is 0 Å². The Kier molecular flexibility index (Phi) is 7.00. The van der Waals surface area contributed by atoms with Crippen LogP contribution in [0.1, 0.15) is 27.2 Å². The Balaban J connectivity index is 4.56. The Bertz CT molecular complexity index is 429. The second-order valence-corrected chi connectivity index (χ2v) is 12.5. The first-order valence-corrected chi connectivity index (χ1v) is 11.7. The Labute approximate surface area is 111 Å². The predicted molar refractivity (Wildman–Crippen MR) is 73.1 cm³/mol. The topological polar surface area (TPSA) is 97.7 Å². The van der Waals surface area contributed by atoms with Crippen LogP contribution in [0.2, 0.25) is 18.1 Å². The third-order valence-electron chi connectivity index (χ3n) is 3.03. The van der Waals surface area contributed by atoms with Crippen LogP contribution < -0.4 is 0 Å². The van der Waals surface area contributed by atoms with E-state index in [0.717, 1.165) is 0 Å². The molecule has 0 saturated heterocycles. The van der Waals surface area contributed by atoms with Crippen molar-refractivity contribution in [1.29, 1.82) is 0 Å². The fourth-order valence-electron chi connectivity index (χ4n) is 1.66. The smallest absolute Gasteiger partial charge is 0.264 e. The summed E-state index contributed by atoms with van der Waals surface area (Å²) in [4.78, 5) is 0. The molecule has 0 rings (SSSR count). The lowest BCUT2D eigenvalue weighted by Crippen LogP contribution is -2.39. The van der Waals surface area contributed by atoms with Crippen LogP contribution in [-0.2, 0) is 24.1 Å². The zero-order chi connectivity index (χ0) is 14.4. The molecule has 0 unspecified atom stereocenters. The van der Waals surface area contributed by atoms with Gasteiger partial charge in [0.15, 0.2) is 0 Å². The summed E-state index contributed by atoms with van der Waals surface area (Å²) in [7, 11) is -10.1. The van der Waals surface area contributed by atoms with E-state index in [9.17, 15) is 16.8 Å². The van der Waals surface area contributed by atoms with Crippen molar-refractivity contribution in [3.63, 3.8) is 0 Å². The van der Waals surface area contributed by atoms with Gasteiger partial charge in [-0.05, 0) is 24.6 Å². The lowest BCUT2D eigenvalue weighted by Gasteiger charge is -2.26. The molecule has 1 N–H and O–H groups in total. The van der Waals surface area contributed by atoms with Crippen LogP contribution in [0, 0.1) is 0 Å². The summed E-state index contributed by atoms with van der Waals surface area (Å²) in [6.45, 7) is 5.73. The van der Waals surface area contributed by atoms with Crippen molar-refractivity contribution in [1.82, 2.24) is 0 Å². The fourth-order valence-corrected chi connectivity index (χ4v) is 8.25. The molecule has 0 aliphatic rings. The van der Waals surface area contributed by atoms with Gasteiger partial charge >= 0.3 is 0 Å². The minimum Gasteiger partial charge on any atom is -0.315 e. The van der Waals surface area contributed by atoms with E-state index >= 15 is 0 Å². The van der Waals surface area contributed by atoms with Gasteiger partial charge in [-0.3, -0.25) is 4.55 Å². The van der Waals surface area contributed by atoms with E-state index in [1.165, 1.54) is 0 Å². The maximum Gasteiger partial charge on any atom is 0.264 e. The third-order valence-corrected chi connectivity index (χ3v) is 10.9. The zero-order valence-electron chi connectivity index (χ0n) is 11.0. The standard InChI is InChI=1S/C9H22O6S2Si/c1-4-18(5-2,6-3)15-17(13,14)9-7-8-16(10,11)12/h4-9H2,1-3H3,(H,10,11,12). The number of rotatable bonds is 9. The molecule has 0 amide bonds. The van der Waals surface area contributed by atoms with Crippen molar-refractivity contribution in [3.05, 3.63) is 0 Å². The SMILES string of the molecule is CC[Si](CC)(CC)OS(=O)(=O)CCCS(=O)(=O)O. The molecule has 0 aromatic carbocycles. The van der Waals surface area contributed by atoms with E-state index in [1.807, 2.05) is 20.8 Å². The summed E-state index contributed by atoms with van der Waals surface area (Å²) < 4.78 is 58.3. The summed E-state index contributed by atoms with van der Waals surface area (Å²) in [5.41, 5.74) is 0. The molecular weight excluding hydrogens is 296 g/mol. The average molecular weight is 318 g/mol. The molecule has 0 saturated carbocycles. The minimum atomic E-state index is -4.12. The molecule has 0 aromatic rings. The quantitative estimate of drug-likeness (QED) is 0.512. The highest BCUT2D eigenvalue weighted by atomic mass is 32.2. The largest absolute Gasteiger partial charge is 0.315 e. The van der Waals surface area contributed by atoms with Crippen LogP contribution >= 0.6 is 0 Å². The molecule has 18 heavy (non-hydrogen) atoms. The van der Waals surface area contributed by atoms with Gasteiger partial charge in [0.25, 0.3) is 20.2 Å². The highest BCUT2D eigenvalue weighted by Crippen LogP contribution is 2.24. The molecule has 6 nitrogen and oxygen atoms in total. The second kappa shape index (κ2) is 6.99. The highest BCUT2D eigenvalue weighted by molar-refractivity contribution is 7.88. The lowest BCUT2D eigenvalue weighted by molar-refractivity contribution is 0.471. The molecule has 0 fully saturated rings. The minimum absolute atomic E-state index is 0.150. The van der Waals surface area contributed by atoms with Gasteiger partial charge in [0.2, 0.25) is 8.32 Å². The fraction of sp³-hybridized carbons (Fsp3) is 1.00. The second-order valence-electron chi connectivity index (χ2n) is 4.23. The van der Waals surface area contributed by atoms with E-state index < -0.39 is 34.3 Å². The molecule has 110 valence electrons. The zero-order valence-corrected chi connectivity index (χ0v) is 13.7. The predicted octanol–water partition coefficient (Wildman–Crippen LogP) is 1.62. The van der Waals surface area contributed by atoms with E-state index in [2.05, 4.69) is 0 Å². The van der Waals surface area contributed by atoms with Crippen molar-refractivity contribution < 1.29 is 25.3 Å². The van der Waals surface area contributed by atoms with Gasteiger partial charge in [0.1, 0.15) is 0 Å². The van der Waals surface area contributed by atoms with Crippen molar-refractivity contribution in [3.8, 4) is 0 Å². The summed E-state index contributed by atoms with van der Waals surface area (Å²) >= 11 is 0. The van der Waals surface area contributed by atoms with Gasteiger partial charge in [-0.25, -0.2) is 8.42 Å². The van der Waals surface area contributed by atoms with Gasteiger partial charge in [-0.1, -0.05) is 20.8 Å². The van der Waals surface area contributed by atoms with Crippen molar-refractivity contribution in [2.24, 2.45) is 0 Å². The molecule has 0 bridgehead atoms. The van der Waals surface area contributed by atoms with E-state index in [0.29, 0.717) is 18.1 Å². The van der Waals surface area contributed by atoms with Crippen molar-refractivity contribution in [2.75, 3.05) is 11.5 Å². The first kappa shape index (κ1) is 18.0. The summed E-state index contributed by atoms with van der Waals surface area (Å²) in [5, 5.41) is 0. The number of hydrogen-bond acceptors (Lipinski definition) is 5. The van der Waals surface area contributed by atoms with Gasteiger partial charge in [-0.15, -0.1) is 0 Å². The van der Waals surface area contributed by atoms with Gasteiger partial charge in [-0.2, -0.15) is 8.42 Å². The molecular formula is C9H22O6S2Si. The molecule has 0 atom stereocenters. The van der Waals surface area contributed by atoms with Gasteiger partial charge in [0.05, 0.1) is 11.5 Å². The van der Waals surface area contributed by atoms with Gasteiger partial charge < -0.3 is 3.87 Å². The molecule has 9 heteroatoms. The summed E-state index contributed by atoms with van der Waals surface area (Å²) in [5.74, 6) is -0.934. The average Bonchev–Trinajstić information content (AvgIpc) is 2.24. The highest BCUT2D eigenvalue weighted by Gasteiger charge is 2.34. The van der Waals surface area contributed by atoms with E-state index in [-0.39, 0.29) is 12.2 Å². The molecule has 0 aromatic heterocycles. The maximum absolute atomic E-state index is 11.7. The molecule has 0 heterocycles. The van der Waals surface area contributed by atoms with Crippen molar-refractivity contribution in [2.45, 2.75) is 45.3 Å². The molecule has 0 aliphatic heterocycles. The van der Waals surface area contributed by atoms with Crippen LogP contribution in [0.3, 0.4) is 0 Å². The van der Waals surface area contributed by atoms with Crippen LogP contribution in [0.15, 0.2) is 0 Å². The van der Waals surface area contributed by atoms with E-state index in [1.54, 1.807) is 0 Å². The summed E-state index contributed by atoms with van der Waals surface area (Å²) in [6, 6.07) is 2.12.